The van der Waals surface area contributed by atoms with Crippen LogP contribution in [0.5, 0.6) is 0 Å². The van der Waals surface area contributed by atoms with E-state index in [1.807, 2.05) is 18.5 Å². The maximum absolute atomic E-state index is 4.17. The number of hydrogen-bond acceptors (Lipinski definition) is 2. The Kier molecular flexibility index (Phi) is 2.22. The summed E-state index contributed by atoms with van der Waals surface area (Å²) in [7, 11) is 0. The largest absolute Gasteiger partial charge is 0.264 e. The van der Waals surface area contributed by atoms with Gasteiger partial charge in [-0.1, -0.05) is 18.2 Å². The molecule has 0 aliphatic heterocycles. The summed E-state index contributed by atoms with van der Waals surface area (Å²) in [5.74, 6) is 0. The van der Waals surface area contributed by atoms with Gasteiger partial charge in [0.15, 0.2) is 0 Å². The molecule has 2 heterocycles. The maximum Gasteiger partial charge on any atom is 0.0351 e. The fraction of sp³-hybridized carbons (Fsp3) is 0.0714. The van der Waals surface area contributed by atoms with Crippen molar-refractivity contribution < 1.29 is 0 Å². The van der Waals surface area contributed by atoms with E-state index in [-0.39, 0.29) is 0 Å². The van der Waals surface area contributed by atoms with Crippen LogP contribution in [-0.2, 0) is 0 Å². The highest BCUT2D eigenvalue weighted by Crippen LogP contribution is 2.33. The van der Waals surface area contributed by atoms with E-state index in [2.05, 4.69) is 41.6 Å². The third-order valence-corrected chi connectivity index (χ3v) is 3.65. The zero-order chi connectivity index (χ0) is 11.0. The summed E-state index contributed by atoms with van der Waals surface area (Å²) >= 11 is 1.80. The SMILES string of the molecule is Cc1ccc2c(-c3cccnc3)csc2c1. The lowest BCUT2D eigenvalue weighted by molar-refractivity contribution is 1.33. The number of thiophene rings is 1. The minimum atomic E-state index is 1.19. The molecule has 2 aromatic heterocycles. The van der Waals surface area contributed by atoms with Crippen molar-refractivity contribution in [2.75, 3.05) is 0 Å². The van der Waals surface area contributed by atoms with E-state index in [0.29, 0.717) is 0 Å². The molecule has 0 amide bonds. The second-order valence-electron chi connectivity index (χ2n) is 3.89. The zero-order valence-corrected chi connectivity index (χ0v) is 9.79. The van der Waals surface area contributed by atoms with Gasteiger partial charge in [0.25, 0.3) is 0 Å². The van der Waals surface area contributed by atoms with Crippen LogP contribution in [0.15, 0.2) is 48.1 Å². The molecule has 0 atom stereocenters. The Morgan fingerprint density at radius 1 is 1.19 bits per heavy atom. The Bertz CT molecular complexity index is 626. The zero-order valence-electron chi connectivity index (χ0n) is 8.97. The first-order chi connectivity index (χ1) is 7.84. The Labute approximate surface area is 98.4 Å². The van der Waals surface area contributed by atoms with E-state index in [1.54, 1.807) is 11.3 Å². The number of aryl methyl sites for hydroxylation is 1. The van der Waals surface area contributed by atoms with Gasteiger partial charge in [-0.2, -0.15) is 0 Å². The molecule has 0 spiro atoms. The second kappa shape index (κ2) is 3.72. The molecular weight excluding hydrogens is 214 g/mol. The number of hydrogen-bond donors (Lipinski definition) is 0. The van der Waals surface area contributed by atoms with Crippen LogP contribution in [0.3, 0.4) is 0 Å². The summed E-state index contributed by atoms with van der Waals surface area (Å²) < 4.78 is 1.35. The van der Waals surface area contributed by atoms with E-state index < -0.39 is 0 Å². The fourth-order valence-corrected chi connectivity index (χ4v) is 2.95. The van der Waals surface area contributed by atoms with Crippen LogP contribution in [0, 0.1) is 6.92 Å². The second-order valence-corrected chi connectivity index (χ2v) is 4.80. The van der Waals surface area contributed by atoms with Gasteiger partial charge >= 0.3 is 0 Å². The van der Waals surface area contributed by atoms with Crippen molar-refractivity contribution in [1.29, 1.82) is 0 Å². The van der Waals surface area contributed by atoms with Crippen molar-refractivity contribution in [3.05, 3.63) is 53.7 Å². The molecule has 2 heteroatoms. The van der Waals surface area contributed by atoms with Crippen molar-refractivity contribution >= 4 is 21.4 Å². The Morgan fingerprint density at radius 2 is 2.12 bits per heavy atom. The van der Waals surface area contributed by atoms with E-state index in [4.69, 9.17) is 0 Å². The maximum atomic E-state index is 4.17. The molecule has 78 valence electrons. The van der Waals surface area contributed by atoms with Crippen LogP contribution < -0.4 is 0 Å². The predicted octanol–water partition coefficient (Wildman–Crippen LogP) is 4.27. The molecule has 0 bridgehead atoms. The first kappa shape index (κ1) is 9.55. The summed E-state index contributed by atoms with van der Waals surface area (Å²) in [4.78, 5) is 4.17. The van der Waals surface area contributed by atoms with Gasteiger partial charge < -0.3 is 0 Å². The first-order valence-electron chi connectivity index (χ1n) is 5.23. The molecule has 3 rings (SSSR count). The molecule has 0 N–H and O–H groups in total. The molecule has 0 fully saturated rings. The molecule has 0 saturated carbocycles. The van der Waals surface area contributed by atoms with Crippen LogP contribution in [-0.4, -0.2) is 4.98 Å². The Balaban J connectivity index is 2.26. The average molecular weight is 225 g/mol. The third-order valence-electron chi connectivity index (χ3n) is 2.70. The van der Waals surface area contributed by atoms with E-state index >= 15 is 0 Å². The number of fused-ring (bicyclic) bond motifs is 1. The van der Waals surface area contributed by atoms with Crippen LogP contribution in [0.4, 0.5) is 0 Å². The van der Waals surface area contributed by atoms with Gasteiger partial charge in [0, 0.05) is 33.6 Å². The van der Waals surface area contributed by atoms with Gasteiger partial charge in [-0.15, -0.1) is 11.3 Å². The molecule has 0 saturated heterocycles. The molecule has 0 aliphatic carbocycles. The fourth-order valence-electron chi connectivity index (χ4n) is 1.88. The Hall–Kier alpha value is -1.67. The quantitative estimate of drug-likeness (QED) is 0.602. The molecule has 1 aromatic carbocycles. The van der Waals surface area contributed by atoms with Crippen molar-refractivity contribution in [2.24, 2.45) is 0 Å². The highest BCUT2D eigenvalue weighted by Gasteiger charge is 2.05. The van der Waals surface area contributed by atoms with Crippen molar-refractivity contribution in [3.63, 3.8) is 0 Å². The summed E-state index contributed by atoms with van der Waals surface area (Å²) in [5, 5.41) is 3.53. The summed E-state index contributed by atoms with van der Waals surface area (Å²) in [6.07, 6.45) is 3.73. The van der Waals surface area contributed by atoms with E-state index in [1.165, 1.54) is 26.8 Å². The number of nitrogens with zero attached hydrogens (tertiary/aromatic N) is 1. The number of pyridine rings is 1. The van der Waals surface area contributed by atoms with Crippen molar-refractivity contribution in [3.8, 4) is 11.1 Å². The molecule has 0 aliphatic rings. The van der Waals surface area contributed by atoms with Crippen LogP contribution in [0.25, 0.3) is 21.2 Å². The predicted molar refractivity (Wildman–Crippen MR) is 69.8 cm³/mol. The minimum Gasteiger partial charge on any atom is -0.264 e. The number of benzene rings is 1. The summed E-state index contributed by atoms with van der Waals surface area (Å²) in [6, 6.07) is 10.7. The molecule has 3 aromatic rings. The summed E-state index contributed by atoms with van der Waals surface area (Å²) in [6.45, 7) is 2.13. The molecule has 1 nitrogen and oxygen atoms in total. The van der Waals surface area contributed by atoms with Crippen molar-refractivity contribution in [1.82, 2.24) is 4.98 Å². The van der Waals surface area contributed by atoms with Crippen LogP contribution in [0.1, 0.15) is 5.56 Å². The smallest absolute Gasteiger partial charge is 0.0351 e. The van der Waals surface area contributed by atoms with E-state index in [9.17, 15) is 0 Å². The van der Waals surface area contributed by atoms with Gasteiger partial charge in [-0.3, -0.25) is 4.98 Å². The monoisotopic (exact) mass is 225 g/mol. The average Bonchev–Trinajstić information content (AvgIpc) is 2.73. The van der Waals surface area contributed by atoms with Gasteiger partial charge in [0.1, 0.15) is 0 Å². The van der Waals surface area contributed by atoms with Gasteiger partial charge in [0.2, 0.25) is 0 Å². The molecule has 0 radical (unpaired) electrons. The third kappa shape index (κ3) is 1.51. The number of aromatic nitrogens is 1. The topological polar surface area (TPSA) is 12.9 Å². The van der Waals surface area contributed by atoms with E-state index in [0.717, 1.165) is 0 Å². The lowest BCUT2D eigenvalue weighted by atomic mass is 10.1. The van der Waals surface area contributed by atoms with Crippen molar-refractivity contribution in [2.45, 2.75) is 6.92 Å². The Morgan fingerprint density at radius 3 is 2.94 bits per heavy atom. The van der Waals surface area contributed by atoms with Gasteiger partial charge in [0.05, 0.1) is 0 Å². The highest BCUT2D eigenvalue weighted by molar-refractivity contribution is 7.17. The standard InChI is InChI=1S/C14H11NS/c1-10-4-5-12-13(9-16-14(12)7-10)11-3-2-6-15-8-11/h2-9H,1H3. The van der Waals surface area contributed by atoms with Crippen LogP contribution in [0.2, 0.25) is 0 Å². The molecule has 0 unspecified atom stereocenters. The van der Waals surface area contributed by atoms with Gasteiger partial charge in [-0.05, 0) is 30.0 Å². The summed E-state index contributed by atoms with van der Waals surface area (Å²) in [5.41, 5.74) is 3.79. The minimum absolute atomic E-state index is 1.19. The van der Waals surface area contributed by atoms with Gasteiger partial charge in [-0.25, -0.2) is 0 Å². The normalized spacial score (nSPS) is 10.8. The molecule has 16 heavy (non-hydrogen) atoms. The first-order valence-corrected chi connectivity index (χ1v) is 6.11. The molecular formula is C14H11NS. The lowest BCUT2D eigenvalue weighted by Crippen LogP contribution is -1.77. The lowest BCUT2D eigenvalue weighted by Gasteiger charge is -1.99. The van der Waals surface area contributed by atoms with Crippen LogP contribution >= 0.6 is 11.3 Å². The number of rotatable bonds is 1. The highest BCUT2D eigenvalue weighted by atomic mass is 32.1.